The molecule has 0 saturated heterocycles. The van der Waals surface area contributed by atoms with Gasteiger partial charge in [0.15, 0.2) is 5.82 Å². The highest BCUT2D eigenvalue weighted by atomic mass is 32.1. The summed E-state index contributed by atoms with van der Waals surface area (Å²) < 4.78 is 0. The fourth-order valence-electron chi connectivity index (χ4n) is 2.12. The number of non-ortho nitro benzene ring substituents is 1. The number of benzene rings is 1. The maximum atomic E-state index is 10.6. The van der Waals surface area contributed by atoms with E-state index in [0.717, 1.165) is 21.3 Å². The van der Waals surface area contributed by atoms with Crippen molar-refractivity contribution in [1.82, 2.24) is 9.97 Å². The first-order valence-corrected chi connectivity index (χ1v) is 7.62. The van der Waals surface area contributed by atoms with Crippen molar-refractivity contribution in [3.63, 3.8) is 0 Å². The van der Waals surface area contributed by atoms with Gasteiger partial charge in [0.05, 0.1) is 16.5 Å². The molecule has 116 valence electrons. The average Bonchev–Trinajstić information content (AvgIpc) is 2.83. The van der Waals surface area contributed by atoms with Gasteiger partial charge in [-0.3, -0.25) is 15.5 Å². The van der Waals surface area contributed by atoms with Gasteiger partial charge in [-0.2, -0.15) is 5.10 Å². The van der Waals surface area contributed by atoms with Crippen molar-refractivity contribution in [2.75, 3.05) is 5.43 Å². The van der Waals surface area contributed by atoms with Gasteiger partial charge in [-0.25, -0.2) is 9.97 Å². The number of hydrogen-bond donors (Lipinski definition) is 1. The average molecular weight is 327 g/mol. The Bertz CT molecular complexity index is 902. The van der Waals surface area contributed by atoms with Crippen molar-refractivity contribution < 1.29 is 4.92 Å². The summed E-state index contributed by atoms with van der Waals surface area (Å²) in [6, 6.07) is 6.16. The molecule has 1 aromatic carbocycles. The topological polar surface area (TPSA) is 93.3 Å². The molecule has 2 heterocycles. The number of aryl methyl sites for hydroxylation is 2. The molecule has 0 aliphatic carbocycles. The number of hydrogen-bond acceptors (Lipinski definition) is 7. The Morgan fingerprint density at radius 1 is 1.26 bits per heavy atom. The second-order valence-electron chi connectivity index (χ2n) is 4.90. The number of fused-ring (bicyclic) bond motifs is 1. The Morgan fingerprint density at radius 2 is 2.00 bits per heavy atom. The van der Waals surface area contributed by atoms with Crippen LogP contribution >= 0.6 is 11.3 Å². The molecular weight excluding hydrogens is 314 g/mol. The molecule has 3 aromatic rings. The summed E-state index contributed by atoms with van der Waals surface area (Å²) in [4.78, 5) is 20.8. The first-order valence-electron chi connectivity index (χ1n) is 6.80. The minimum absolute atomic E-state index is 0.0528. The molecule has 0 aliphatic heterocycles. The summed E-state index contributed by atoms with van der Waals surface area (Å²) in [6.45, 7) is 4.08. The van der Waals surface area contributed by atoms with E-state index in [2.05, 4.69) is 20.5 Å². The van der Waals surface area contributed by atoms with Gasteiger partial charge in [-0.05, 0) is 37.1 Å². The quantitative estimate of drug-likeness (QED) is 0.448. The fraction of sp³-hybridized carbons (Fsp3) is 0.133. The van der Waals surface area contributed by atoms with Crippen LogP contribution in [0.2, 0.25) is 0 Å². The van der Waals surface area contributed by atoms with Crippen molar-refractivity contribution in [2.45, 2.75) is 13.8 Å². The van der Waals surface area contributed by atoms with Gasteiger partial charge in [0.1, 0.15) is 11.2 Å². The summed E-state index contributed by atoms with van der Waals surface area (Å²) in [6.07, 6.45) is 3.09. The lowest BCUT2D eigenvalue weighted by atomic mass is 10.2. The van der Waals surface area contributed by atoms with Gasteiger partial charge in [-0.1, -0.05) is 0 Å². The van der Waals surface area contributed by atoms with Crippen molar-refractivity contribution in [3.05, 3.63) is 56.7 Å². The summed E-state index contributed by atoms with van der Waals surface area (Å²) in [5.41, 5.74) is 4.87. The molecule has 0 fully saturated rings. The minimum atomic E-state index is -0.432. The van der Waals surface area contributed by atoms with Crippen LogP contribution in [0.1, 0.15) is 16.0 Å². The largest absolute Gasteiger partial charge is 0.269 e. The van der Waals surface area contributed by atoms with Crippen molar-refractivity contribution in [1.29, 1.82) is 0 Å². The molecule has 8 heteroatoms. The monoisotopic (exact) mass is 327 g/mol. The van der Waals surface area contributed by atoms with Crippen LogP contribution in [-0.4, -0.2) is 21.1 Å². The normalized spacial score (nSPS) is 11.2. The van der Waals surface area contributed by atoms with Gasteiger partial charge in [0, 0.05) is 17.0 Å². The van der Waals surface area contributed by atoms with Crippen LogP contribution in [0, 0.1) is 24.0 Å². The zero-order valence-electron chi connectivity index (χ0n) is 12.5. The van der Waals surface area contributed by atoms with Crippen molar-refractivity contribution in [3.8, 4) is 0 Å². The number of rotatable bonds is 4. The van der Waals surface area contributed by atoms with E-state index in [-0.39, 0.29) is 5.69 Å². The maximum absolute atomic E-state index is 10.6. The molecular formula is C15H13N5O2S. The summed E-state index contributed by atoms with van der Waals surface area (Å²) in [7, 11) is 0. The Labute approximate surface area is 135 Å². The third-order valence-electron chi connectivity index (χ3n) is 3.45. The molecule has 0 saturated carbocycles. The summed E-state index contributed by atoms with van der Waals surface area (Å²) in [5, 5.41) is 15.7. The second kappa shape index (κ2) is 6.09. The third-order valence-corrected chi connectivity index (χ3v) is 4.57. The lowest BCUT2D eigenvalue weighted by molar-refractivity contribution is -0.384. The van der Waals surface area contributed by atoms with Crippen LogP contribution in [0.15, 0.2) is 35.7 Å². The maximum Gasteiger partial charge on any atom is 0.269 e. The Balaban J connectivity index is 1.81. The van der Waals surface area contributed by atoms with Crippen LogP contribution in [0.4, 0.5) is 11.5 Å². The first kappa shape index (κ1) is 15.0. The number of aromatic nitrogens is 2. The van der Waals surface area contributed by atoms with E-state index >= 15 is 0 Å². The molecule has 0 bridgehead atoms. The standard InChI is InChI=1S/C15H13N5O2S/c1-9-10(2)23-15-13(9)14(16-8-17-15)19-18-7-11-3-5-12(6-4-11)20(21)22/h3-8H,1-2H3,(H,16,17,19)/b18-7+. The van der Waals surface area contributed by atoms with E-state index in [4.69, 9.17) is 0 Å². The van der Waals surface area contributed by atoms with Gasteiger partial charge >= 0.3 is 0 Å². The Morgan fingerprint density at radius 3 is 2.70 bits per heavy atom. The fourth-order valence-corrected chi connectivity index (χ4v) is 3.11. The van der Waals surface area contributed by atoms with Crippen LogP contribution in [0.3, 0.4) is 0 Å². The minimum Gasteiger partial charge on any atom is -0.261 e. The lowest BCUT2D eigenvalue weighted by Crippen LogP contribution is -1.95. The number of nitro groups is 1. The number of nitro benzene ring substituents is 1. The van der Waals surface area contributed by atoms with E-state index in [9.17, 15) is 10.1 Å². The molecule has 23 heavy (non-hydrogen) atoms. The number of hydrazone groups is 1. The van der Waals surface area contributed by atoms with Crippen LogP contribution < -0.4 is 5.43 Å². The Kier molecular flexibility index (Phi) is 3.98. The number of thiophene rings is 1. The Hall–Kier alpha value is -2.87. The molecule has 0 amide bonds. The molecule has 0 spiro atoms. The van der Waals surface area contributed by atoms with Crippen LogP contribution in [0.25, 0.3) is 10.2 Å². The third kappa shape index (κ3) is 3.02. The number of anilines is 1. The van der Waals surface area contributed by atoms with E-state index < -0.39 is 4.92 Å². The zero-order chi connectivity index (χ0) is 16.4. The lowest BCUT2D eigenvalue weighted by Gasteiger charge is -2.01. The zero-order valence-corrected chi connectivity index (χ0v) is 13.3. The molecule has 0 aliphatic rings. The van der Waals surface area contributed by atoms with Gasteiger partial charge in [0.2, 0.25) is 0 Å². The second-order valence-corrected chi connectivity index (χ2v) is 6.11. The molecule has 7 nitrogen and oxygen atoms in total. The SMILES string of the molecule is Cc1sc2ncnc(N/N=C/c3ccc([N+](=O)[O-])cc3)c2c1C. The van der Waals surface area contributed by atoms with Crippen molar-refractivity contribution >= 4 is 39.3 Å². The summed E-state index contributed by atoms with van der Waals surface area (Å²) >= 11 is 1.62. The van der Waals surface area contributed by atoms with E-state index in [0.29, 0.717) is 5.82 Å². The van der Waals surface area contributed by atoms with Crippen LogP contribution in [0.5, 0.6) is 0 Å². The summed E-state index contributed by atoms with van der Waals surface area (Å²) in [5.74, 6) is 0.648. The van der Waals surface area contributed by atoms with Crippen LogP contribution in [-0.2, 0) is 0 Å². The molecule has 0 radical (unpaired) electrons. The smallest absolute Gasteiger partial charge is 0.261 e. The van der Waals surface area contributed by atoms with Gasteiger partial charge in [0.25, 0.3) is 5.69 Å². The first-order chi connectivity index (χ1) is 11.1. The highest BCUT2D eigenvalue weighted by Gasteiger charge is 2.11. The number of nitrogens with zero attached hydrogens (tertiary/aromatic N) is 4. The molecule has 0 unspecified atom stereocenters. The van der Waals surface area contributed by atoms with E-state index in [1.165, 1.54) is 23.3 Å². The molecule has 0 atom stereocenters. The molecule has 2 aromatic heterocycles. The highest BCUT2D eigenvalue weighted by Crippen LogP contribution is 2.32. The highest BCUT2D eigenvalue weighted by molar-refractivity contribution is 7.18. The van der Waals surface area contributed by atoms with E-state index in [1.54, 1.807) is 29.7 Å². The van der Waals surface area contributed by atoms with Gasteiger partial charge < -0.3 is 0 Å². The molecule has 1 N–H and O–H groups in total. The predicted octanol–water partition coefficient (Wildman–Crippen LogP) is 3.66. The number of nitrogens with one attached hydrogen (secondary N) is 1. The molecule has 3 rings (SSSR count). The van der Waals surface area contributed by atoms with E-state index in [1.807, 2.05) is 13.8 Å². The van der Waals surface area contributed by atoms with Crippen molar-refractivity contribution in [2.24, 2.45) is 5.10 Å². The predicted molar refractivity (Wildman–Crippen MR) is 91.2 cm³/mol. The van der Waals surface area contributed by atoms with Gasteiger partial charge in [-0.15, -0.1) is 11.3 Å².